The first-order valence-electron chi connectivity index (χ1n) is 8.79. The lowest BCUT2D eigenvalue weighted by Gasteiger charge is -2.34. The summed E-state index contributed by atoms with van der Waals surface area (Å²) in [7, 11) is 0. The minimum atomic E-state index is -0.366. The van der Waals surface area contributed by atoms with Crippen LogP contribution in [0.15, 0.2) is 48.5 Å². The predicted molar refractivity (Wildman–Crippen MR) is 98.7 cm³/mol. The molecule has 1 heterocycles. The Morgan fingerprint density at radius 2 is 1.67 bits per heavy atom. The quantitative estimate of drug-likeness (QED) is 0.838. The van der Waals surface area contributed by atoms with E-state index in [-0.39, 0.29) is 30.8 Å². The van der Waals surface area contributed by atoms with Crippen LogP contribution in [0.1, 0.15) is 15.9 Å². The molecule has 0 saturated carbocycles. The van der Waals surface area contributed by atoms with Crippen LogP contribution in [0.4, 0.5) is 4.39 Å². The molecular formula is C20H22FN3O3. The van der Waals surface area contributed by atoms with Gasteiger partial charge in [-0.15, -0.1) is 0 Å². The summed E-state index contributed by atoms with van der Waals surface area (Å²) in [6.07, 6.45) is 0. The number of halogens is 1. The molecule has 1 aliphatic heterocycles. The number of hydrogen-bond donors (Lipinski definition) is 1. The number of piperazine rings is 1. The summed E-state index contributed by atoms with van der Waals surface area (Å²) in [5.74, 6) is -0.283. The molecule has 2 N–H and O–H groups in total. The fraction of sp³-hybridized carbons (Fsp3) is 0.300. The summed E-state index contributed by atoms with van der Waals surface area (Å²) in [6.45, 7) is 2.72. The van der Waals surface area contributed by atoms with E-state index in [0.717, 1.165) is 5.56 Å². The molecule has 0 aromatic heterocycles. The highest BCUT2D eigenvalue weighted by molar-refractivity contribution is 5.97. The summed E-state index contributed by atoms with van der Waals surface area (Å²) in [5, 5.41) is 0. The molecule has 1 fully saturated rings. The van der Waals surface area contributed by atoms with Crippen molar-refractivity contribution < 1.29 is 18.7 Å². The number of rotatable bonds is 6. The van der Waals surface area contributed by atoms with Gasteiger partial charge < -0.3 is 15.4 Å². The highest BCUT2D eigenvalue weighted by Crippen LogP contribution is 2.22. The van der Waals surface area contributed by atoms with Gasteiger partial charge in [0.25, 0.3) is 5.91 Å². The second kappa shape index (κ2) is 8.64. The van der Waals surface area contributed by atoms with E-state index in [1.807, 2.05) is 11.0 Å². The van der Waals surface area contributed by atoms with Crippen molar-refractivity contribution in [3.63, 3.8) is 0 Å². The Hall–Kier alpha value is -2.93. The third-order valence-electron chi connectivity index (χ3n) is 4.46. The zero-order valence-corrected chi connectivity index (χ0v) is 14.9. The number of carbonyl (C=O) groups excluding carboxylic acids is 2. The van der Waals surface area contributed by atoms with Gasteiger partial charge in [-0.05, 0) is 29.8 Å². The molecule has 0 bridgehead atoms. The summed E-state index contributed by atoms with van der Waals surface area (Å²) in [5.41, 5.74) is 6.53. The third kappa shape index (κ3) is 5.04. The lowest BCUT2D eigenvalue weighted by molar-refractivity contribution is -0.119. The number of para-hydroxylation sites is 1. The summed E-state index contributed by atoms with van der Waals surface area (Å²) in [4.78, 5) is 27.6. The Morgan fingerprint density at radius 3 is 2.33 bits per heavy atom. The molecule has 3 rings (SSSR count). The van der Waals surface area contributed by atoms with Crippen LogP contribution in [0.5, 0.6) is 5.75 Å². The zero-order valence-electron chi connectivity index (χ0n) is 14.9. The van der Waals surface area contributed by atoms with Gasteiger partial charge in [0.15, 0.2) is 0 Å². The first-order chi connectivity index (χ1) is 13.0. The van der Waals surface area contributed by atoms with Gasteiger partial charge in [-0.1, -0.05) is 24.3 Å². The van der Waals surface area contributed by atoms with Gasteiger partial charge in [0.2, 0.25) is 5.91 Å². The molecular weight excluding hydrogens is 349 g/mol. The molecule has 0 radical (unpaired) electrons. The Balaban J connectivity index is 1.63. The molecule has 2 aromatic carbocycles. The molecule has 0 spiro atoms. The summed E-state index contributed by atoms with van der Waals surface area (Å²) in [6, 6.07) is 13.1. The Labute approximate surface area is 157 Å². The van der Waals surface area contributed by atoms with E-state index in [2.05, 4.69) is 0 Å². The van der Waals surface area contributed by atoms with Crippen LogP contribution >= 0.6 is 0 Å². The molecule has 0 aliphatic carbocycles. The van der Waals surface area contributed by atoms with Crippen molar-refractivity contribution in [2.45, 2.75) is 6.61 Å². The van der Waals surface area contributed by atoms with Crippen molar-refractivity contribution in [2.24, 2.45) is 5.73 Å². The lowest BCUT2D eigenvalue weighted by Crippen LogP contribution is -2.50. The molecule has 1 aliphatic rings. The molecule has 0 unspecified atom stereocenters. The Bertz CT molecular complexity index is 802. The third-order valence-corrected chi connectivity index (χ3v) is 4.46. The van der Waals surface area contributed by atoms with Gasteiger partial charge in [0, 0.05) is 26.2 Å². The number of benzene rings is 2. The van der Waals surface area contributed by atoms with Gasteiger partial charge in [0.05, 0.1) is 12.1 Å². The van der Waals surface area contributed by atoms with Gasteiger partial charge in [0.1, 0.15) is 18.2 Å². The Kier molecular flexibility index (Phi) is 6.03. The van der Waals surface area contributed by atoms with Crippen LogP contribution in [0, 0.1) is 5.82 Å². The van der Waals surface area contributed by atoms with Crippen LogP contribution in [0.3, 0.4) is 0 Å². The average Bonchev–Trinajstić information content (AvgIpc) is 2.67. The van der Waals surface area contributed by atoms with Crippen LogP contribution in [0.25, 0.3) is 0 Å². The molecule has 0 atom stereocenters. The number of carbonyl (C=O) groups is 2. The van der Waals surface area contributed by atoms with E-state index in [9.17, 15) is 14.0 Å². The predicted octanol–water partition coefficient (Wildman–Crippen LogP) is 1.65. The van der Waals surface area contributed by atoms with Crippen LogP contribution in [0.2, 0.25) is 0 Å². The van der Waals surface area contributed by atoms with Crippen LogP contribution < -0.4 is 10.5 Å². The molecule has 27 heavy (non-hydrogen) atoms. The van der Waals surface area contributed by atoms with E-state index in [1.54, 1.807) is 35.2 Å². The SMILES string of the molecule is NC(=O)CN1CCN(C(=O)c2ccccc2OCc2ccc(F)cc2)CC1. The fourth-order valence-corrected chi connectivity index (χ4v) is 3.01. The smallest absolute Gasteiger partial charge is 0.257 e. The Morgan fingerprint density at radius 1 is 1.00 bits per heavy atom. The maximum atomic E-state index is 13.0. The number of primary amides is 1. The minimum Gasteiger partial charge on any atom is -0.488 e. The van der Waals surface area contributed by atoms with Crippen molar-refractivity contribution in [1.29, 1.82) is 0 Å². The number of nitrogens with two attached hydrogens (primary N) is 1. The average molecular weight is 371 g/mol. The number of hydrogen-bond acceptors (Lipinski definition) is 4. The molecule has 7 heteroatoms. The molecule has 6 nitrogen and oxygen atoms in total. The van der Waals surface area contributed by atoms with Crippen LogP contribution in [-0.2, 0) is 11.4 Å². The van der Waals surface area contributed by atoms with Crippen molar-refractivity contribution in [3.05, 3.63) is 65.5 Å². The van der Waals surface area contributed by atoms with Crippen molar-refractivity contribution in [3.8, 4) is 5.75 Å². The van der Waals surface area contributed by atoms with Crippen molar-refractivity contribution in [2.75, 3.05) is 32.7 Å². The summed E-state index contributed by atoms with van der Waals surface area (Å²) < 4.78 is 18.8. The second-order valence-corrected chi connectivity index (χ2v) is 6.45. The number of amides is 2. The van der Waals surface area contributed by atoms with Gasteiger partial charge in [-0.3, -0.25) is 14.5 Å². The number of ether oxygens (including phenoxy) is 1. The largest absolute Gasteiger partial charge is 0.488 e. The van der Waals surface area contributed by atoms with Crippen LogP contribution in [-0.4, -0.2) is 54.3 Å². The minimum absolute atomic E-state index is 0.108. The second-order valence-electron chi connectivity index (χ2n) is 6.45. The highest BCUT2D eigenvalue weighted by atomic mass is 19.1. The highest BCUT2D eigenvalue weighted by Gasteiger charge is 2.24. The van der Waals surface area contributed by atoms with Crippen molar-refractivity contribution >= 4 is 11.8 Å². The zero-order chi connectivity index (χ0) is 19.2. The van der Waals surface area contributed by atoms with E-state index in [4.69, 9.17) is 10.5 Å². The topological polar surface area (TPSA) is 75.9 Å². The molecule has 1 saturated heterocycles. The van der Waals surface area contributed by atoms with Crippen molar-refractivity contribution in [1.82, 2.24) is 9.80 Å². The maximum Gasteiger partial charge on any atom is 0.257 e. The van der Waals surface area contributed by atoms with Gasteiger partial charge in [-0.2, -0.15) is 0 Å². The summed E-state index contributed by atoms with van der Waals surface area (Å²) >= 11 is 0. The standard InChI is InChI=1S/C20H22FN3O3/c21-16-7-5-15(6-8-16)14-27-18-4-2-1-3-17(18)20(26)24-11-9-23(10-12-24)13-19(22)25/h1-8H,9-14H2,(H2,22,25). The first-order valence-corrected chi connectivity index (χ1v) is 8.79. The van der Waals surface area contributed by atoms with E-state index in [0.29, 0.717) is 37.5 Å². The maximum absolute atomic E-state index is 13.0. The first kappa shape index (κ1) is 18.8. The van der Waals surface area contributed by atoms with Gasteiger partial charge >= 0.3 is 0 Å². The molecule has 142 valence electrons. The van der Waals surface area contributed by atoms with E-state index in [1.165, 1.54) is 12.1 Å². The lowest BCUT2D eigenvalue weighted by atomic mass is 10.1. The molecule has 2 amide bonds. The van der Waals surface area contributed by atoms with E-state index >= 15 is 0 Å². The normalized spacial score (nSPS) is 14.8. The van der Waals surface area contributed by atoms with E-state index < -0.39 is 0 Å². The van der Waals surface area contributed by atoms with Gasteiger partial charge in [-0.25, -0.2) is 4.39 Å². The molecule has 2 aromatic rings. The number of nitrogens with zero attached hydrogens (tertiary/aromatic N) is 2. The fourth-order valence-electron chi connectivity index (χ4n) is 3.01. The monoisotopic (exact) mass is 371 g/mol.